The van der Waals surface area contributed by atoms with E-state index in [1.54, 1.807) is 7.11 Å². The maximum absolute atomic E-state index is 6.16. The Labute approximate surface area is 130 Å². The van der Waals surface area contributed by atoms with E-state index in [1.165, 1.54) is 11.1 Å². The lowest BCUT2D eigenvalue weighted by Gasteiger charge is -2.22. The van der Waals surface area contributed by atoms with E-state index in [1.807, 2.05) is 6.07 Å². The first-order chi connectivity index (χ1) is 10.8. The molecule has 0 saturated heterocycles. The minimum absolute atomic E-state index is 0.164. The number of benzene rings is 1. The molecule has 22 heavy (non-hydrogen) atoms. The average Bonchev–Trinajstić information content (AvgIpc) is 3.00. The van der Waals surface area contributed by atoms with Crippen LogP contribution in [0.5, 0.6) is 0 Å². The topological polar surface area (TPSA) is 74.2 Å². The van der Waals surface area contributed by atoms with Crippen molar-refractivity contribution in [1.29, 1.82) is 0 Å². The summed E-state index contributed by atoms with van der Waals surface area (Å²) >= 11 is 0. The summed E-state index contributed by atoms with van der Waals surface area (Å²) in [6.07, 6.45) is 6.13. The summed E-state index contributed by atoms with van der Waals surface area (Å²) in [4.78, 5) is 4.50. The highest BCUT2D eigenvalue weighted by Crippen LogP contribution is 2.31. The van der Waals surface area contributed by atoms with Crippen LogP contribution in [0.25, 0.3) is 11.5 Å². The first-order valence-electron chi connectivity index (χ1n) is 7.98. The predicted molar refractivity (Wildman–Crippen MR) is 84.4 cm³/mol. The van der Waals surface area contributed by atoms with Crippen LogP contribution in [0.15, 0.2) is 22.7 Å². The van der Waals surface area contributed by atoms with E-state index in [9.17, 15) is 0 Å². The molecule has 0 spiro atoms. The number of fused-ring (bicyclic) bond motifs is 1. The predicted octanol–water partition coefficient (Wildman–Crippen LogP) is 3.04. The number of nitrogens with zero attached hydrogens (tertiary/aromatic N) is 2. The Kier molecular flexibility index (Phi) is 4.85. The molecule has 1 aromatic heterocycles. The van der Waals surface area contributed by atoms with Gasteiger partial charge in [0.1, 0.15) is 0 Å². The van der Waals surface area contributed by atoms with Crippen molar-refractivity contribution in [3.8, 4) is 11.5 Å². The first-order valence-corrected chi connectivity index (χ1v) is 7.98. The second-order valence-electron chi connectivity index (χ2n) is 5.88. The molecule has 0 radical (unpaired) electrons. The maximum atomic E-state index is 6.16. The zero-order chi connectivity index (χ0) is 15.4. The fourth-order valence-electron chi connectivity index (χ4n) is 2.99. The number of aromatic nitrogens is 2. The van der Waals surface area contributed by atoms with E-state index in [4.69, 9.17) is 15.0 Å². The Hall–Kier alpha value is -1.72. The number of rotatable bonds is 6. The first kappa shape index (κ1) is 15.2. The molecule has 0 aliphatic heterocycles. The highest BCUT2D eigenvalue weighted by atomic mass is 16.5. The van der Waals surface area contributed by atoms with Crippen LogP contribution in [0.4, 0.5) is 0 Å². The van der Waals surface area contributed by atoms with Gasteiger partial charge in [0, 0.05) is 31.7 Å². The van der Waals surface area contributed by atoms with Gasteiger partial charge in [-0.15, -0.1) is 0 Å². The van der Waals surface area contributed by atoms with Gasteiger partial charge in [-0.1, -0.05) is 11.2 Å². The van der Waals surface area contributed by atoms with Gasteiger partial charge in [0.2, 0.25) is 0 Å². The van der Waals surface area contributed by atoms with Gasteiger partial charge in [0.05, 0.1) is 0 Å². The lowest BCUT2D eigenvalue weighted by molar-refractivity contribution is 0.192. The third-order valence-electron chi connectivity index (χ3n) is 4.22. The van der Waals surface area contributed by atoms with Crippen molar-refractivity contribution in [2.75, 3.05) is 13.7 Å². The highest BCUT2D eigenvalue weighted by Gasteiger charge is 2.18. The summed E-state index contributed by atoms with van der Waals surface area (Å²) in [5.41, 5.74) is 9.72. The van der Waals surface area contributed by atoms with Gasteiger partial charge in [-0.05, 0) is 55.4 Å². The number of hydrogen-bond donors (Lipinski definition) is 1. The number of aryl methyl sites for hydroxylation is 2. The normalized spacial score (nSPS) is 17.5. The molecule has 1 unspecified atom stereocenters. The van der Waals surface area contributed by atoms with E-state index < -0.39 is 0 Å². The van der Waals surface area contributed by atoms with Crippen molar-refractivity contribution in [3.05, 3.63) is 35.2 Å². The Morgan fingerprint density at radius 1 is 1.36 bits per heavy atom. The van der Waals surface area contributed by atoms with Crippen molar-refractivity contribution in [3.63, 3.8) is 0 Å². The molecule has 1 atom stereocenters. The highest BCUT2D eigenvalue weighted by molar-refractivity contribution is 5.56. The lowest BCUT2D eigenvalue weighted by atomic mass is 9.87. The van der Waals surface area contributed by atoms with Crippen molar-refractivity contribution >= 4 is 0 Å². The molecule has 5 heteroatoms. The van der Waals surface area contributed by atoms with Crippen molar-refractivity contribution in [2.45, 2.75) is 44.6 Å². The van der Waals surface area contributed by atoms with Crippen molar-refractivity contribution in [2.24, 2.45) is 5.73 Å². The van der Waals surface area contributed by atoms with Crippen molar-refractivity contribution < 1.29 is 9.26 Å². The van der Waals surface area contributed by atoms with E-state index in [0.717, 1.165) is 56.5 Å². The maximum Gasteiger partial charge on any atom is 0.257 e. The van der Waals surface area contributed by atoms with Crippen LogP contribution in [-0.4, -0.2) is 23.9 Å². The molecule has 1 heterocycles. The molecule has 0 amide bonds. The van der Waals surface area contributed by atoms with E-state index >= 15 is 0 Å². The van der Waals surface area contributed by atoms with Gasteiger partial charge < -0.3 is 15.0 Å². The largest absolute Gasteiger partial charge is 0.385 e. The zero-order valence-corrected chi connectivity index (χ0v) is 13.0. The van der Waals surface area contributed by atoms with Crippen LogP contribution < -0.4 is 5.73 Å². The number of ether oxygens (including phenoxy) is 1. The summed E-state index contributed by atoms with van der Waals surface area (Å²) in [5, 5.41) is 4.07. The fourth-order valence-corrected chi connectivity index (χ4v) is 2.99. The van der Waals surface area contributed by atoms with Gasteiger partial charge in [-0.3, -0.25) is 0 Å². The van der Waals surface area contributed by atoms with Crippen LogP contribution in [0.3, 0.4) is 0 Å². The average molecular weight is 301 g/mol. The Bertz CT molecular complexity index is 624. The smallest absolute Gasteiger partial charge is 0.257 e. The molecular formula is C17H23N3O2. The second-order valence-corrected chi connectivity index (χ2v) is 5.88. The van der Waals surface area contributed by atoms with Crippen LogP contribution in [-0.2, 0) is 17.6 Å². The van der Waals surface area contributed by atoms with Crippen LogP contribution in [0.1, 0.15) is 48.7 Å². The number of unbranched alkanes of at least 4 members (excludes halogenated alkanes) is 1. The van der Waals surface area contributed by atoms with Gasteiger partial charge in [0.25, 0.3) is 5.89 Å². The van der Waals surface area contributed by atoms with E-state index in [-0.39, 0.29) is 6.04 Å². The molecule has 0 bridgehead atoms. The van der Waals surface area contributed by atoms with Gasteiger partial charge >= 0.3 is 0 Å². The van der Waals surface area contributed by atoms with Crippen LogP contribution >= 0.6 is 0 Å². The minimum Gasteiger partial charge on any atom is -0.385 e. The summed E-state index contributed by atoms with van der Waals surface area (Å²) in [5.74, 6) is 1.37. The summed E-state index contributed by atoms with van der Waals surface area (Å²) < 4.78 is 10.4. The molecule has 3 rings (SSSR count). The quantitative estimate of drug-likeness (QED) is 0.830. The number of methoxy groups -OCH3 is 1. The molecule has 1 aliphatic carbocycles. The summed E-state index contributed by atoms with van der Waals surface area (Å²) in [6, 6.07) is 6.46. The number of nitrogens with two attached hydrogens (primary N) is 1. The van der Waals surface area contributed by atoms with E-state index in [0.29, 0.717) is 5.89 Å². The Balaban J connectivity index is 1.70. The Morgan fingerprint density at radius 3 is 3.14 bits per heavy atom. The van der Waals surface area contributed by atoms with Crippen LogP contribution in [0, 0.1) is 0 Å². The third-order valence-corrected chi connectivity index (χ3v) is 4.22. The molecule has 2 aromatic rings. The minimum atomic E-state index is 0.164. The second kappa shape index (κ2) is 7.03. The van der Waals surface area contributed by atoms with Gasteiger partial charge in [0.15, 0.2) is 5.82 Å². The molecule has 0 fully saturated rings. The van der Waals surface area contributed by atoms with Crippen LogP contribution in [0.2, 0.25) is 0 Å². The zero-order valence-electron chi connectivity index (χ0n) is 13.0. The Morgan fingerprint density at radius 2 is 2.27 bits per heavy atom. The fraction of sp³-hybridized carbons (Fsp3) is 0.529. The lowest BCUT2D eigenvalue weighted by Crippen LogP contribution is -2.17. The van der Waals surface area contributed by atoms with E-state index in [2.05, 4.69) is 22.3 Å². The molecule has 2 N–H and O–H groups in total. The summed E-state index contributed by atoms with van der Waals surface area (Å²) in [6.45, 7) is 0.774. The molecule has 0 saturated carbocycles. The molecule has 1 aromatic carbocycles. The number of hydrogen-bond acceptors (Lipinski definition) is 5. The molecular weight excluding hydrogens is 278 g/mol. The van der Waals surface area contributed by atoms with Gasteiger partial charge in [-0.25, -0.2) is 0 Å². The monoisotopic (exact) mass is 301 g/mol. The molecule has 118 valence electrons. The third kappa shape index (κ3) is 3.36. The standard InChI is InChI=1S/C17H23N3O2/c1-21-10-3-2-7-16-19-17(22-20-16)13-8-9-14-12(11-13)5-4-6-15(14)18/h8-9,11,15H,2-7,10,18H2,1H3. The SMILES string of the molecule is COCCCCc1noc(-c2ccc3c(c2)CCCC3N)n1. The van der Waals surface area contributed by atoms with Gasteiger partial charge in [-0.2, -0.15) is 4.98 Å². The molecule has 5 nitrogen and oxygen atoms in total. The van der Waals surface area contributed by atoms with Crippen molar-refractivity contribution in [1.82, 2.24) is 10.1 Å². The summed E-state index contributed by atoms with van der Waals surface area (Å²) in [7, 11) is 1.72. The molecule has 1 aliphatic rings.